The first-order valence-electron chi connectivity index (χ1n) is 6.79. The van der Waals surface area contributed by atoms with Gasteiger partial charge in [0.15, 0.2) is 0 Å². The molecule has 0 amide bonds. The molecule has 0 aliphatic heterocycles. The first-order valence-corrected chi connectivity index (χ1v) is 7.58. The first kappa shape index (κ1) is 12.7. The van der Waals surface area contributed by atoms with E-state index in [-0.39, 0.29) is 0 Å². The van der Waals surface area contributed by atoms with Crippen LogP contribution in [-0.2, 0) is 6.42 Å². The molecule has 0 bridgehead atoms. The van der Waals surface area contributed by atoms with Crippen molar-refractivity contribution in [3.63, 3.8) is 0 Å². The molecule has 1 aromatic carbocycles. The second-order valence-electron chi connectivity index (χ2n) is 5.01. The average Bonchev–Trinajstić information content (AvgIpc) is 2.64. The lowest BCUT2D eigenvalue weighted by atomic mass is 9.99. The summed E-state index contributed by atoms with van der Waals surface area (Å²) < 4.78 is 0.874. The Morgan fingerprint density at radius 1 is 1.11 bits per heavy atom. The van der Waals surface area contributed by atoms with Crippen LogP contribution in [0.15, 0.2) is 47.2 Å². The van der Waals surface area contributed by atoms with E-state index >= 15 is 0 Å². The van der Waals surface area contributed by atoms with Crippen LogP contribution in [0.3, 0.4) is 0 Å². The lowest BCUT2D eigenvalue weighted by Gasteiger charge is -2.20. The lowest BCUT2D eigenvalue weighted by Crippen LogP contribution is -2.11. The Morgan fingerprint density at radius 3 is 2.84 bits per heavy atom. The van der Waals surface area contributed by atoms with Crippen LogP contribution >= 0.6 is 15.9 Å². The zero-order chi connectivity index (χ0) is 13.1. The zero-order valence-electron chi connectivity index (χ0n) is 10.8. The van der Waals surface area contributed by atoms with Gasteiger partial charge >= 0.3 is 0 Å². The molecule has 0 radical (unpaired) electrons. The molecule has 0 spiro atoms. The number of aromatic nitrogens is 1. The van der Waals surface area contributed by atoms with Gasteiger partial charge in [-0.1, -0.05) is 30.7 Å². The smallest absolute Gasteiger partial charge is 0.106 e. The van der Waals surface area contributed by atoms with Gasteiger partial charge in [0.1, 0.15) is 4.60 Å². The van der Waals surface area contributed by atoms with Gasteiger partial charge in [-0.25, -0.2) is 4.98 Å². The van der Waals surface area contributed by atoms with Gasteiger partial charge in [-0.2, -0.15) is 0 Å². The topological polar surface area (TPSA) is 24.9 Å². The number of fused-ring (bicyclic) bond motifs is 1. The number of anilines is 1. The monoisotopic (exact) mass is 316 g/mol. The van der Waals surface area contributed by atoms with Crippen molar-refractivity contribution in [3.8, 4) is 0 Å². The molecule has 1 aliphatic carbocycles. The molecule has 0 saturated carbocycles. The number of hydrogen-bond donors (Lipinski definition) is 1. The molecule has 2 aromatic rings. The summed E-state index contributed by atoms with van der Waals surface area (Å²) in [6, 6.07) is 13.2. The third-order valence-electron chi connectivity index (χ3n) is 3.69. The Morgan fingerprint density at radius 2 is 2.00 bits per heavy atom. The molecule has 2 nitrogen and oxygen atoms in total. The number of hydrogen-bond acceptors (Lipinski definition) is 2. The molecule has 0 saturated heterocycles. The fraction of sp³-hybridized carbons (Fsp3) is 0.312. The fourth-order valence-electron chi connectivity index (χ4n) is 2.73. The van der Waals surface area contributed by atoms with Gasteiger partial charge in [-0.15, -0.1) is 0 Å². The highest BCUT2D eigenvalue weighted by Gasteiger charge is 2.17. The van der Waals surface area contributed by atoms with Crippen molar-refractivity contribution in [1.29, 1.82) is 0 Å². The van der Waals surface area contributed by atoms with Crippen LogP contribution in [0.1, 0.15) is 36.4 Å². The van der Waals surface area contributed by atoms with Gasteiger partial charge in [0.05, 0.1) is 17.9 Å². The highest BCUT2D eigenvalue weighted by atomic mass is 79.9. The summed E-state index contributed by atoms with van der Waals surface area (Å²) in [6.45, 7) is 0. The molecule has 1 unspecified atom stereocenters. The van der Waals surface area contributed by atoms with E-state index in [9.17, 15) is 0 Å². The fourth-order valence-corrected chi connectivity index (χ4v) is 2.97. The molecular formula is C16H17BrN2. The van der Waals surface area contributed by atoms with E-state index in [1.807, 2.05) is 12.3 Å². The molecular weight excluding hydrogens is 300 g/mol. The number of nitrogens with one attached hydrogen (secondary N) is 1. The van der Waals surface area contributed by atoms with Crippen molar-refractivity contribution in [2.45, 2.75) is 31.7 Å². The number of aryl methyl sites for hydroxylation is 1. The summed E-state index contributed by atoms with van der Waals surface area (Å²) in [4.78, 5) is 4.28. The molecule has 1 heterocycles. The molecule has 1 atom stereocenters. The highest BCUT2D eigenvalue weighted by Crippen LogP contribution is 2.31. The summed E-state index contributed by atoms with van der Waals surface area (Å²) in [5.41, 5.74) is 4.02. The summed E-state index contributed by atoms with van der Waals surface area (Å²) in [7, 11) is 0. The van der Waals surface area contributed by atoms with Gasteiger partial charge in [0.2, 0.25) is 0 Å². The third kappa shape index (κ3) is 2.98. The summed E-state index contributed by atoms with van der Waals surface area (Å²) in [5.74, 6) is 0. The van der Waals surface area contributed by atoms with Crippen molar-refractivity contribution in [1.82, 2.24) is 4.98 Å². The van der Waals surface area contributed by atoms with Gasteiger partial charge in [0, 0.05) is 0 Å². The molecule has 0 fully saturated rings. The van der Waals surface area contributed by atoms with E-state index in [1.165, 1.54) is 36.8 Å². The van der Waals surface area contributed by atoms with Crippen LogP contribution in [-0.4, -0.2) is 4.98 Å². The van der Waals surface area contributed by atoms with Crippen LogP contribution < -0.4 is 5.32 Å². The van der Waals surface area contributed by atoms with E-state index in [0.29, 0.717) is 6.04 Å². The molecule has 1 N–H and O–H groups in total. The largest absolute Gasteiger partial charge is 0.377 e. The first-order chi connectivity index (χ1) is 9.33. The number of halogens is 1. The maximum absolute atomic E-state index is 4.28. The number of nitrogens with zero attached hydrogens (tertiary/aromatic N) is 1. The minimum absolute atomic E-state index is 0.404. The van der Waals surface area contributed by atoms with Gasteiger partial charge in [-0.05, 0) is 58.5 Å². The second kappa shape index (κ2) is 5.74. The van der Waals surface area contributed by atoms with Crippen LogP contribution in [0, 0.1) is 0 Å². The van der Waals surface area contributed by atoms with Crippen molar-refractivity contribution in [2.24, 2.45) is 0 Å². The van der Waals surface area contributed by atoms with Crippen molar-refractivity contribution in [2.75, 3.05) is 5.32 Å². The second-order valence-corrected chi connectivity index (χ2v) is 5.82. The number of benzene rings is 1. The molecule has 19 heavy (non-hydrogen) atoms. The maximum Gasteiger partial charge on any atom is 0.106 e. The standard InChI is InChI=1S/C16H17BrN2/c17-16-10-9-13(11-18-16)19-15-8-4-2-6-12-5-1-3-7-14(12)15/h1,3,5,7,9-11,15,19H,2,4,6,8H2. The maximum atomic E-state index is 4.28. The summed E-state index contributed by atoms with van der Waals surface area (Å²) in [6.07, 6.45) is 6.84. The number of rotatable bonds is 2. The molecule has 1 aromatic heterocycles. The van der Waals surface area contributed by atoms with Crippen molar-refractivity contribution >= 4 is 21.6 Å². The van der Waals surface area contributed by atoms with E-state index in [1.54, 1.807) is 0 Å². The SMILES string of the molecule is Brc1ccc(NC2CCCCc3ccccc32)cn1. The van der Waals surface area contributed by atoms with Crippen molar-refractivity contribution < 1.29 is 0 Å². The lowest BCUT2D eigenvalue weighted by molar-refractivity contribution is 0.644. The predicted octanol–water partition coefficient (Wildman–Crippen LogP) is 4.72. The van der Waals surface area contributed by atoms with Crippen LogP contribution in [0.2, 0.25) is 0 Å². The highest BCUT2D eigenvalue weighted by molar-refractivity contribution is 9.10. The van der Waals surface area contributed by atoms with Crippen LogP contribution in [0.4, 0.5) is 5.69 Å². The Hall–Kier alpha value is -1.35. The Balaban J connectivity index is 1.86. The number of pyridine rings is 1. The van der Waals surface area contributed by atoms with E-state index in [2.05, 4.69) is 56.6 Å². The zero-order valence-corrected chi connectivity index (χ0v) is 12.4. The van der Waals surface area contributed by atoms with Gasteiger partial charge < -0.3 is 5.32 Å². The minimum Gasteiger partial charge on any atom is -0.377 e. The normalized spacial score (nSPS) is 18.5. The quantitative estimate of drug-likeness (QED) is 0.640. The molecule has 98 valence electrons. The Kier molecular flexibility index (Phi) is 3.83. The van der Waals surface area contributed by atoms with Crippen molar-refractivity contribution in [3.05, 3.63) is 58.3 Å². The van der Waals surface area contributed by atoms with Crippen LogP contribution in [0.5, 0.6) is 0 Å². The third-order valence-corrected chi connectivity index (χ3v) is 4.16. The van der Waals surface area contributed by atoms with E-state index in [0.717, 1.165) is 10.3 Å². The molecule has 1 aliphatic rings. The predicted molar refractivity (Wildman–Crippen MR) is 82.3 cm³/mol. The average molecular weight is 317 g/mol. The van der Waals surface area contributed by atoms with Gasteiger partial charge in [0.25, 0.3) is 0 Å². The molecule has 3 heteroatoms. The minimum atomic E-state index is 0.404. The van der Waals surface area contributed by atoms with E-state index < -0.39 is 0 Å². The summed E-state index contributed by atoms with van der Waals surface area (Å²) >= 11 is 3.37. The van der Waals surface area contributed by atoms with Gasteiger partial charge in [-0.3, -0.25) is 0 Å². The summed E-state index contributed by atoms with van der Waals surface area (Å²) in [5, 5.41) is 3.62. The Bertz CT molecular complexity index is 551. The van der Waals surface area contributed by atoms with E-state index in [4.69, 9.17) is 0 Å². The Labute approximate surface area is 122 Å². The van der Waals surface area contributed by atoms with Crippen LogP contribution in [0.25, 0.3) is 0 Å². The molecule has 3 rings (SSSR count).